The van der Waals surface area contributed by atoms with Crippen LogP contribution in [-0.4, -0.2) is 37.5 Å². The van der Waals surface area contributed by atoms with Gasteiger partial charge in [-0.3, -0.25) is 4.79 Å². The third kappa shape index (κ3) is 3.98. The van der Waals surface area contributed by atoms with Crippen LogP contribution in [0.1, 0.15) is 51.4 Å². The minimum absolute atomic E-state index is 0.425. The van der Waals surface area contributed by atoms with Gasteiger partial charge in [0.15, 0.2) is 0 Å². The van der Waals surface area contributed by atoms with Crippen molar-refractivity contribution in [1.82, 2.24) is 10.2 Å². The number of amides is 1. The topological polar surface area (TPSA) is 32.3 Å². The Bertz CT molecular complexity index is 253. The summed E-state index contributed by atoms with van der Waals surface area (Å²) in [5.41, 5.74) is 0. The number of nitrogens with one attached hydrogen (secondary N) is 1. The van der Waals surface area contributed by atoms with Crippen molar-refractivity contribution < 1.29 is 4.79 Å². The first kappa shape index (κ1) is 13.9. The summed E-state index contributed by atoms with van der Waals surface area (Å²) in [6, 6.07) is 0. The largest absolute Gasteiger partial charge is 0.343 e. The van der Waals surface area contributed by atoms with E-state index in [4.69, 9.17) is 0 Å². The summed E-state index contributed by atoms with van der Waals surface area (Å²) in [5.74, 6) is 1.95. The molecule has 0 radical (unpaired) electrons. The van der Waals surface area contributed by atoms with Gasteiger partial charge < -0.3 is 10.2 Å². The van der Waals surface area contributed by atoms with Gasteiger partial charge in [-0.1, -0.05) is 12.8 Å². The van der Waals surface area contributed by atoms with E-state index in [1.54, 1.807) is 0 Å². The van der Waals surface area contributed by atoms with Crippen molar-refractivity contribution in [2.24, 2.45) is 11.8 Å². The van der Waals surface area contributed by atoms with Crippen LogP contribution in [-0.2, 0) is 4.79 Å². The van der Waals surface area contributed by atoms with E-state index in [2.05, 4.69) is 10.2 Å². The lowest BCUT2D eigenvalue weighted by molar-refractivity contribution is -0.133. The lowest BCUT2D eigenvalue weighted by Crippen LogP contribution is -2.39. The Morgan fingerprint density at radius 3 is 2.39 bits per heavy atom. The van der Waals surface area contributed by atoms with E-state index >= 15 is 0 Å². The fourth-order valence-electron chi connectivity index (χ4n) is 3.41. The molecule has 3 heteroatoms. The number of carbonyl (C=O) groups is 1. The van der Waals surface area contributed by atoms with Crippen LogP contribution < -0.4 is 5.32 Å². The van der Waals surface area contributed by atoms with Crippen LogP contribution in [0.5, 0.6) is 0 Å². The van der Waals surface area contributed by atoms with E-state index in [1.165, 1.54) is 44.9 Å². The summed E-state index contributed by atoms with van der Waals surface area (Å²) < 4.78 is 0. The number of piperidine rings is 1. The molecule has 0 aromatic carbocycles. The molecule has 0 aromatic rings. The van der Waals surface area contributed by atoms with Gasteiger partial charge in [0, 0.05) is 19.5 Å². The Labute approximate surface area is 111 Å². The van der Waals surface area contributed by atoms with Crippen molar-refractivity contribution in [1.29, 1.82) is 0 Å². The zero-order valence-corrected chi connectivity index (χ0v) is 11.8. The molecule has 0 bridgehead atoms. The molecule has 104 valence electrons. The van der Waals surface area contributed by atoms with E-state index in [0.29, 0.717) is 11.8 Å². The van der Waals surface area contributed by atoms with Crippen LogP contribution in [0.15, 0.2) is 0 Å². The predicted molar refractivity (Wildman–Crippen MR) is 74.4 cm³/mol. The third-order valence-electron chi connectivity index (χ3n) is 4.71. The SMILES string of the molecule is CNCCC1CCN(C(=O)CC2CCCC2)CC1. The molecule has 3 nitrogen and oxygen atoms in total. The van der Waals surface area contributed by atoms with Gasteiger partial charge in [0.25, 0.3) is 0 Å². The minimum atomic E-state index is 0.425. The van der Waals surface area contributed by atoms with Gasteiger partial charge in [-0.25, -0.2) is 0 Å². The summed E-state index contributed by atoms with van der Waals surface area (Å²) >= 11 is 0. The number of carbonyl (C=O) groups excluding carboxylic acids is 1. The molecule has 1 aliphatic carbocycles. The van der Waals surface area contributed by atoms with Crippen molar-refractivity contribution in [3.05, 3.63) is 0 Å². The van der Waals surface area contributed by atoms with Crippen LogP contribution >= 0.6 is 0 Å². The second-order valence-electron chi connectivity index (χ2n) is 6.07. The van der Waals surface area contributed by atoms with Crippen molar-refractivity contribution >= 4 is 5.91 Å². The standard InChI is InChI=1S/C15H28N2O/c1-16-9-6-13-7-10-17(11-8-13)15(18)12-14-4-2-3-5-14/h13-14,16H,2-12H2,1H3. The van der Waals surface area contributed by atoms with Crippen molar-refractivity contribution in [2.45, 2.75) is 51.4 Å². The fraction of sp³-hybridized carbons (Fsp3) is 0.933. The van der Waals surface area contributed by atoms with Crippen LogP contribution in [0.2, 0.25) is 0 Å². The second kappa shape index (κ2) is 7.13. The zero-order valence-electron chi connectivity index (χ0n) is 11.8. The molecule has 2 rings (SSSR count). The van der Waals surface area contributed by atoms with Gasteiger partial charge in [0.2, 0.25) is 5.91 Å². The van der Waals surface area contributed by atoms with Gasteiger partial charge in [-0.05, 0) is 57.5 Å². The summed E-state index contributed by atoms with van der Waals surface area (Å²) in [7, 11) is 2.01. The van der Waals surface area contributed by atoms with Crippen LogP contribution in [0, 0.1) is 11.8 Å². The summed E-state index contributed by atoms with van der Waals surface area (Å²) in [6.07, 6.45) is 9.74. The quantitative estimate of drug-likeness (QED) is 0.815. The average Bonchev–Trinajstić information content (AvgIpc) is 2.89. The molecule has 0 unspecified atom stereocenters. The Morgan fingerprint density at radius 1 is 1.11 bits per heavy atom. The molecule has 2 fully saturated rings. The fourth-order valence-corrected chi connectivity index (χ4v) is 3.41. The van der Waals surface area contributed by atoms with Crippen LogP contribution in [0.25, 0.3) is 0 Å². The molecular formula is C15H28N2O. The lowest BCUT2D eigenvalue weighted by Gasteiger charge is -2.32. The Balaban J connectivity index is 1.66. The first-order chi connectivity index (χ1) is 8.79. The maximum absolute atomic E-state index is 12.2. The van der Waals surface area contributed by atoms with Crippen molar-refractivity contribution in [3.8, 4) is 0 Å². The Morgan fingerprint density at radius 2 is 1.78 bits per heavy atom. The van der Waals surface area contributed by atoms with Crippen molar-refractivity contribution in [3.63, 3.8) is 0 Å². The highest BCUT2D eigenvalue weighted by Crippen LogP contribution is 2.29. The smallest absolute Gasteiger partial charge is 0.222 e. The van der Waals surface area contributed by atoms with Crippen LogP contribution in [0.3, 0.4) is 0 Å². The third-order valence-corrected chi connectivity index (χ3v) is 4.71. The number of hydrogen-bond acceptors (Lipinski definition) is 2. The van der Waals surface area contributed by atoms with E-state index in [-0.39, 0.29) is 0 Å². The first-order valence-corrected chi connectivity index (χ1v) is 7.72. The second-order valence-corrected chi connectivity index (χ2v) is 6.07. The molecule has 1 amide bonds. The summed E-state index contributed by atoms with van der Waals surface area (Å²) in [4.78, 5) is 14.3. The monoisotopic (exact) mass is 252 g/mol. The molecule has 0 aromatic heterocycles. The molecule has 1 saturated carbocycles. The number of rotatable bonds is 5. The van der Waals surface area contributed by atoms with Gasteiger partial charge in [-0.15, -0.1) is 0 Å². The zero-order chi connectivity index (χ0) is 12.8. The molecule has 1 N–H and O–H groups in total. The molecule has 18 heavy (non-hydrogen) atoms. The van der Waals surface area contributed by atoms with Gasteiger partial charge >= 0.3 is 0 Å². The highest BCUT2D eigenvalue weighted by molar-refractivity contribution is 5.76. The first-order valence-electron chi connectivity index (χ1n) is 7.72. The Hall–Kier alpha value is -0.570. The molecular weight excluding hydrogens is 224 g/mol. The maximum Gasteiger partial charge on any atom is 0.222 e. The molecule has 1 saturated heterocycles. The minimum Gasteiger partial charge on any atom is -0.343 e. The van der Waals surface area contributed by atoms with Gasteiger partial charge in [0.1, 0.15) is 0 Å². The maximum atomic E-state index is 12.2. The highest BCUT2D eigenvalue weighted by Gasteiger charge is 2.25. The summed E-state index contributed by atoms with van der Waals surface area (Å²) in [6.45, 7) is 3.11. The number of nitrogens with zero attached hydrogens (tertiary/aromatic N) is 1. The van der Waals surface area contributed by atoms with Gasteiger partial charge in [0.05, 0.1) is 0 Å². The molecule has 2 aliphatic rings. The van der Waals surface area contributed by atoms with E-state index in [9.17, 15) is 4.79 Å². The van der Waals surface area contributed by atoms with Crippen LogP contribution in [0.4, 0.5) is 0 Å². The lowest BCUT2D eigenvalue weighted by atomic mass is 9.93. The highest BCUT2D eigenvalue weighted by atomic mass is 16.2. The molecule has 0 atom stereocenters. The van der Waals surface area contributed by atoms with E-state index < -0.39 is 0 Å². The molecule has 1 aliphatic heterocycles. The number of hydrogen-bond donors (Lipinski definition) is 1. The summed E-state index contributed by atoms with van der Waals surface area (Å²) in [5, 5.41) is 3.22. The number of likely N-dealkylation sites (tertiary alicyclic amines) is 1. The van der Waals surface area contributed by atoms with E-state index in [0.717, 1.165) is 32.0 Å². The molecule has 1 heterocycles. The Kier molecular flexibility index (Phi) is 5.48. The molecule has 0 spiro atoms. The normalized spacial score (nSPS) is 22.6. The van der Waals surface area contributed by atoms with E-state index in [1.807, 2.05) is 7.05 Å². The van der Waals surface area contributed by atoms with Crippen molar-refractivity contribution in [2.75, 3.05) is 26.7 Å². The van der Waals surface area contributed by atoms with Gasteiger partial charge in [-0.2, -0.15) is 0 Å². The average molecular weight is 252 g/mol. The predicted octanol–water partition coefficient (Wildman–Crippen LogP) is 2.41.